The van der Waals surface area contributed by atoms with E-state index in [-0.39, 0.29) is 17.2 Å². The summed E-state index contributed by atoms with van der Waals surface area (Å²) in [4.78, 5) is 35.7. The summed E-state index contributed by atoms with van der Waals surface area (Å²) in [5.41, 5.74) is -0.260. The summed E-state index contributed by atoms with van der Waals surface area (Å²) >= 11 is 0. The van der Waals surface area contributed by atoms with Gasteiger partial charge in [0.2, 0.25) is 5.91 Å². The minimum atomic E-state index is -0.599. The van der Waals surface area contributed by atoms with E-state index in [9.17, 15) is 19.7 Å². The van der Waals surface area contributed by atoms with Gasteiger partial charge in [0.05, 0.1) is 17.1 Å². The van der Waals surface area contributed by atoms with Crippen LogP contribution < -0.4 is 4.74 Å². The first-order chi connectivity index (χ1) is 13.5. The Bertz CT molecular complexity index is 623. The topological polar surface area (TPSA) is 89.8 Å². The van der Waals surface area contributed by atoms with E-state index in [1.54, 1.807) is 0 Å². The molecule has 7 heteroatoms. The molecule has 1 aromatic carbocycles. The van der Waals surface area contributed by atoms with Crippen LogP contribution in [0, 0.1) is 10.1 Å². The number of unbranched alkanes of at least 4 members (excludes halogenated alkanes) is 4. The molecule has 0 aliphatic carbocycles. The van der Waals surface area contributed by atoms with E-state index in [4.69, 9.17) is 4.74 Å². The number of rotatable bonds is 15. The molecule has 156 valence electrons. The van der Waals surface area contributed by atoms with Gasteiger partial charge in [-0.3, -0.25) is 19.7 Å². The van der Waals surface area contributed by atoms with Crippen LogP contribution >= 0.6 is 0 Å². The van der Waals surface area contributed by atoms with Crippen molar-refractivity contribution in [3.63, 3.8) is 0 Å². The maximum Gasteiger partial charge on any atom is 0.280 e. The molecule has 1 amide bonds. The number of nitrogens with zero attached hydrogens (tertiary/aromatic N) is 2. The van der Waals surface area contributed by atoms with Gasteiger partial charge in [-0.2, -0.15) is 0 Å². The van der Waals surface area contributed by atoms with Crippen LogP contribution in [0.25, 0.3) is 0 Å². The monoisotopic (exact) mass is 392 g/mol. The zero-order chi connectivity index (χ0) is 20.8. The molecular formula is C21H32N2O5. The summed E-state index contributed by atoms with van der Waals surface area (Å²) in [5.74, 6) is 0.538. The second-order valence-electron chi connectivity index (χ2n) is 6.84. The second kappa shape index (κ2) is 13.7. The number of hydrogen-bond acceptors (Lipinski definition) is 5. The first-order valence-corrected chi connectivity index (χ1v) is 10.2. The largest absolute Gasteiger partial charge is 0.494 e. The van der Waals surface area contributed by atoms with E-state index in [0.717, 1.165) is 51.6 Å². The van der Waals surface area contributed by atoms with Gasteiger partial charge in [0.25, 0.3) is 5.69 Å². The highest BCUT2D eigenvalue weighted by atomic mass is 16.6. The Kier molecular flexibility index (Phi) is 11.5. The van der Waals surface area contributed by atoms with Crippen LogP contribution in [-0.4, -0.2) is 41.7 Å². The van der Waals surface area contributed by atoms with Gasteiger partial charge >= 0.3 is 0 Å². The summed E-state index contributed by atoms with van der Waals surface area (Å²) < 4.78 is 5.56. The van der Waals surface area contributed by atoms with Gasteiger partial charge in [0.15, 0.2) is 6.29 Å². The number of ether oxygens (including phenoxy) is 1. The fourth-order valence-electron chi connectivity index (χ4n) is 2.92. The van der Waals surface area contributed by atoms with Crippen molar-refractivity contribution in [2.24, 2.45) is 0 Å². The Hall–Kier alpha value is -2.44. The molecule has 0 aromatic heterocycles. The van der Waals surface area contributed by atoms with E-state index in [1.165, 1.54) is 18.2 Å². The van der Waals surface area contributed by atoms with Gasteiger partial charge in [-0.15, -0.1) is 0 Å². The molecule has 7 nitrogen and oxygen atoms in total. The molecule has 0 fully saturated rings. The van der Waals surface area contributed by atoms with Gasteiger partial charge in [0.1, 0.15) is 5.75 Å². The second-order valence-corrected chi connectivity index (χ2v) is 6.84. The average Bonchev–Trinajstić information content (AvgIpc) is 2.69. The van der Waals surface area contributed by atoms with Crippen molar-refractivity contribution in [2.45, 2.75) is 65.2 Å². The summed E-state index contributed by atoms with van der Waals surface area (Å²) in [6.45, 7) is 6.23. The van der Waals surface area contributed by atoms with Gasteiger partial charge in [-0.05, 0) is 31.4 Å². The fourth-order valence-corrected chi connectivity index (χ4v) is 2.92. The summed E-state index contributed by atoms with van der Waals surface area (Å²) in [6.07, 6.45) is 7.98. The van der Waals surface area contributed by atoms with E-state index < -0.39 is 4.92 Å². The highest BCUT2D eigenvalue weighted by Gasteiger charge is 2.15. The van der Waals surface area contributed by atoms with E-state index in [2.05, 4.69) is 13.8 Å². The smallest absolute Gasteiger partial charge is 0.280 e. The minimum Gasteiger partial charge on any atom is -0.494 e. The van der Waals surface area contributed by atoms with Crippen LogP contribution in [0.3, 0.4) is 0 Å². The highest BCUT2D eigenvalue weighted by molar-refractivity contribution is 5.82. The highest BCUT2D eigenvalue weighted by Crippen LogP contribution is 2.22. The van der Waals surface area contributed by atoms with Gasteiger partial charge in [-0.25, -0.2) is 0 Å². The molecule has 0 heterocycles. The third-order valence-corrected chi connectivity index (χ3v) is 4.54. The first-order valence-electron chi connectivity index (χ1n) is 10.2. The Labute approximate surface area is 167 Å². The fraction of sp³-hybridized carbons (Fsp3) is 0.619. The lowest BCUT2D eigenvalue weighted by molar-refractivity contribution is -0.385. The number of nitro groups is 1. The Morgan fingerprint density at radius 1 is 1.11 bits per heavy atom. The number of hydrogen-bond donors (Lipinski definition) is 0. The predicted molar refractivity (Wildman–Crippen MR) is 109 cm³/mol. The molecule has 0 N–H and O–H groups in total. The minimum absolute atomic E-state index is 0.0170. The van der Waals surface area contributed by atoms with Crippen LogP contribution in [0.2, 0.25) is 0 Å². The number of carbonyl (C=O) groups is 2. The molecule has 0 aliphatic rings. The van der Waals surface area contributed by atoms with E-state index in [1.807, 2.05) is 4.90 Å². The molecular weight excluding hydrogens is 360 g/mol. The molecule has 1 aromatic rings. The van der Waals surface area contributed by atoms with Crippen molar-refractivity contribution in [2.75, 3.05) is 19.7 Å². The van der Waals surface area contributed by atoms with Crippen LogP contribution in [0.5, 0.6) is 5.75 Å². The van der Waals surface area contributed by atoms with Crippen molar-refractivity contribution in [3.05, 3.63) is 33.9 Å². The number of amides is 1. The molecule has 0 atom stereocenters. The van der Waals surface area contributed by atoms with Crippen molar-refractivity contribution < 1.29 is 19.2 Å². The summed E-state index contributed by atoms with van der Waals surface area (Å²) in [5, 5.41) is 10.8. The number of carbonyl (C=O) groups excluding carboxylic acids is 2. The van der Waals surface area contributed by atoms with Crippen molar-refractivity contribution >= 4 is 17.9 Å². The maximum absolute atomic E-state index is 12.5. The predicted octanol–water partition coefficient (Wildman–Crippen LogP) is 4.78. The van der Waals surface area contributed by atoms with Gasteiger partial charge in [0, 0.05) is 25.6 Å². The number of nitro benzene ring substituents is 1. The molecule has 0 saturated carbocycles. The number of aldehydes is 1. The molecule has 0 spiro atoms. The first kappa shape index (κ1) is 23.6. The molecule has 28 heavy (non-hydrogen) atoms. The zero-order valence-corrected chi connectivity index (χ0v) is 17.0. The maximum atomic E-state index is 12.5. The van der Waals surface area contributed by atoms with Crippen LogP contribution in [0.4, 0.5) is 5.69 Å². The third-order valence-electron chi connectivity index (χ3n) is 4.54. The molecule has 1 rings (SSSR count). The summed E-state index contributed by atoms with van der Waals surface area (Å²) in [7, 11) is 0. The molecule has 0 aliphatic heterocycles. The van der Waals surface area contributed by atoms with Crippen molar-refractivity contribution in [3.8, 4) is 5.75 Å². The Morgan fingerprint density at radius 2 is 1.75 bits per heavy atom. The van der Waals surface area contributed by atoms with Gasteiger partial charge in [-0.1, -0.05) is 39.5 Å². The normalized spacial score (nSPS) is 10.5. The van der Waals surface area contributed by atoms with Crippen LogP contribution in [0.15, 0.2) is 18.2 Å². The SMILES string of the molecule is CCCCCN(CCCCC)C(=O)CCCOc1ccc([N+](=O)[O-])c(C=O)c1. The standard InChI is InChI=1S/C21H32N2O5/c1-3-5-7-13-22(14-8-6-4-2)21(25)10-9-15-28-19-11-12-20(23(26)27)18(16-19)17-24/h11-12,16-17H,3-10,13-15H2,1-2H3. The lowest BCUT2D eigenvalue weighted by Crippen LogP contribution is -2.33. The molecule has 0 unspecified atom stereocenters. The van der Waals surface area contributed by atoms with Crippen molar-refractivity contribution in [1.82, 2.24) is 4.90 Å². The lowest BCUT2D eigenvalue weighted by Gasteiger charge is -2.23. The van der Waals surface area contributed by atoms with Gasteiger partial charge < -0.3 is 9.64 Å². The Balaban J connectivity index is 2.47. The lowest BCUT2D eigenvalue weighted by atomic mass is 10.2. The quantitative estimate of drug-likeness (QED) is 0.185. The summed E-state index contributed by atoms with van der Waals surface area (Å²) in [6, 6.07) is 4.08. The molecule has 0 bridgehead atoms. The van der Waals surface area contributed by atoms with Crippen molar-refractivity contribution in [1.29, 1.82) is 0 Å². The third kappa shape index (κ3) is 8.50. The van der Waals surface area contributed by atoms with E-state index in [0.29, 0.717) is 31.5 Å². The number of benzene rings is 1. The molecule has 0 saturated heterocycles. The average molecular weight is 392 g/mol. The van der Waals surface area contributed by atoms with E-state index >= 15 is 0 Å². The van der Waals surface area contributed by atoms with Crippen LogP contribution in [0.1, 0.15) is 75.6 Å². The Morgan fingerprint density at radius 3 is 2.29 bits per heavy atom. The zero-order valence-electron chi connectivity index (χ0n) is 17.0. The van der Waals surface area contributed by atoms with Crippen LogP contribution in [-0.2, 0) is 4.79 Å². The molecule has 0 radical (unpaired) electrons.